The fourth-order valence-corrected chi connectivity index (χ4v) is 2.00. The minimum atomic E-state index is -3.47. The molecule has 0 aliphatic rings. The summed E-state index contributed by atoms with van der Waals surface area (Å²) in [5.74, 6) is -0.568. The number of anilines is 1. The number of benzene rings is 1. The van der Waals surface area contributed by atoms with Crippen molar-refractivity contribution in [3.63, 3.8) is 0 Å². The summed E-state index contributed by atoms with van der Waals surface area (Å²) >= 11 is 0. The molecule has 1 atom stereocenters. The van der Waals surface area contributed by atoms with Gasteiger partial charge in [-0.1, -0.05) is 13.0 Å². The number of nitrogens with one attached hydrogen (secondary N) is 1. The third-order valence-electron chi connectivity index (χ3n) is 2.22. The first kappa shape index (κ1) is 13.9. The highest BCUT2D eigenvalue weighted by Gasteiger charge is 2.09. The number of rotatable bonds is 5. The van der Waals surface area contributed by atoms with Crippen LogP contribution in [0.15, 0.2) is 18.2 Å². The van der Waals surface area contributed by atoms with Crippen LogP contribution in [0, 0.1) is 11.7 Å². The van der Waals surface area contributed by atoms with Crippen LogP contribution in [0.25, 0.3) is 0 Å². The molecule has 0 heterocycles. The van der Waals surface area contributed by atoms with E-state index in [0.717, 1.165) is 11.8 Å². The molecule has 0 spiro atoms. The lowest BCUT2D eigenvalue weighted by Gasteiger charge is -2.10. The topological polar surface area (TPSA) is 66.4 Å². The first-order valence-corrected chi connectivity index (χ1v) is 7.08. The molecule has 17 heavy (non-hydrogen) atoms. The Labute approximate surface area is 101 Å². The third-order valence-corrected chi connectivity index (χ3v) is 2.82. The minimum Gasteiger partial charge on any atom is -0.396 e. The maximum Gasteiger partial charge on any atom is 0.229 e. The summed E-state index contributed by atoms with van der Waals surface area (Å²) in [5, 5.41) is 8.89. The van der Waals surface area contributed by atoms with Crippen molar-refractivity contribution in [1.29, 1.82) is 0 Å². The van der Waals surface area contributed by atoms with Gasteiger partial charge in [-0.05, 0) is 30.0 Å². The zero-order valence-electron chi connectivity index (χ0n) is 9.77. The molecule has 2 N–H and O–H groups in total. The van der Waals surface area contributed by atoms with Crippen LogP contribution in [0.4, 0.5) is 10.1 Å². The van der Waals surface area contributed by atoms with Gasteiger partial charge in [-0.15, -0.1) is 0 Å². The lowest BCUT2D eigenvalue weighted by molar-refractivity contribution is 0.237. The van der Waals surface area contributed by atoms with Gasteiger partial charge in [0.15, 0.2) is 0 Å². The molecule has 0 saturated carbocycles. The zero-order chi connectivity index (χ0) is 13.1. The van der Waals surface area contributed by atoms with Crippen molar-refractivity contribution in [3.8, 4) is 0 Å². The first-order valence-electron chi connectivity index (χ1n) is 5.19. The smallest absolute Gasteiger partial charge is 0.229 e. The molecule has 96 valence electrons. The monoisotopic (exact) mass is 261 g/mol. The fourth-order valence-electron chi connectivity index (χ4n) is 1.44. The molecule has 0 saturated heterocycles. The third kappa shape index (κ3) is 4.70. The number of aliphatic hydroxyl groups excluding tert-OH is 1. The summed E-state index contributed by atoms with van der Waals surface area (Å²) in [6.07, 6.45) is 1.51. The van der Waals surface area contributed by atoms with Crippen LogP contribution < -0.4 is 4.72 Å². The first-order chi connectivity index (χ1) is 7.81. The van der Waals surface area contributed by atoms with E-state index in [1.54, 1.807) is 6.07 Å². The molecule has 1 aromatic carbocycles. The minimum absolute atomic E-state index is 0.0327. The highest BCUT2D eigenvalue weighted by atomic mass is 32.2. The highest BCUT2D eigenvalue weighted by molar-refractivity contribution is 7.92. The normalized spacial score (nSPS) is 13.4. The Morgan fingerprint density at radius 2 is 2.12 bits per heavy atom. The Balaban J connectivity index is 2.86. The summed E-state index contributed by atoms with van der Waals surface area (Å²) in [5.41, 5.74) is 0.663. The van der Waals surface area contributed by atoms with Crippen LogP contribution in [-0.2, 0) is 16.4 Å². The average Bonchev–Trinajstić information content (AvgIpc) is 2.20. The highest BCUT2D eigenvalue weighted by Crippen LogP contribution is 2.18. The standard InChI is InChI=1S/C11H16FNO3S/c1-8(7-14)5-9-3-4-11(10(12)6-9)13-17(2,15)16/h3-4,6,8,13-14H,5,7H2,1-2H3. The van der Waals surface area contributed by atoms with Crippen LogP contribution in [0.3, 0.4) is 0 Å². The quantitative estimate of drug-likeness (QED) is 0.841. The Kier molecular flexibility index (Phi) is 4.47. The van der Waals surface area contributed by atoms with Gasteiger partial charge < -0.3 is 5.11 Å². The molecule has 0 bridgehead atoms. The van der Waals surface area contributed by atoms with E-state index in [2.05, 4.69) is 4.72 Å². The lowest BCUT2D eigenvalue weighted by atomic mass is 10.0. The van der Waals surface area contributed by atoms with Crippen LogP contribution in [0.5, 0.6) is 0 Å². The average molecular weight is 261 g/mol. The second-order valence-corrected chi connectivity index (χ2v) is 5.93. The number of hydrogen-bond donors (Lipinski definition) is 2. The molecule has 0 aliphatic heterocycles. The van der Waals surface area contributed by atoms with Crippen molar-refractivity contribution in [1.82, 2.24) is 0 Å². The van der Waals surface area contributed by atoms with Gasteiger partial charge in [0.05, 0.1) is 11.9 Å². The molecule has 1 rings (SSSR count). The summed E-state index contributed by atoms with van der Waals surface area (Å²) < 4.78 is 37.5. The summed E-state index contributed by atoms with van der Waals surface area (Å²) in [7, 11) is -3.47. The molecule has 0 aliphatic carbocycles. The van der Waals surface area contributed by atoms with Crippen molar-refractivity contribution in [2.75, 3.05) is 17.6 Å². The van der Waals surface area contributed by atoms with Crippen molar-refractivity contribution >= 4 is 15.7 Å². The van der Waals surface area contributed by atoms with Gasteiger partial charge in [0, 0.05) is 6.61 Å². The molecule has 1 aromatic rings. The second kappa shape index (κ2) is 5.46. The Morgan fingerprint density at radius 3 is 2.59 bits per heavy atom. The lowest BCUT2D eigenvalue weighted by Crippen LogP contribution is -2.11. The molecular formula is C11H16FNO3S. The van der Waals surface area contributed by atoms with E-state index >= 15 is 0 Å². The van der Waals surface area contributed by atoms with Gasteiger partial charge in [0.1, 0.15) is 5.82 Å². The molecule has 0 aromatic heterocycles. The van der Waals surface area contributed by atoms with E-state index < -0.39 is 15.8 Å². The number of hydrogen-bond acceptors (Lipinski definition) is 3. The Hall–Kier alpha value is -1.14. The van der Waals surface area contributed by atoms with E-state index in [1.807, 2.05) is 6.92 Å². The molecule has 0 radical (unpaired) electrons. The van der Waals surface area contributed by atoms with Gasteiger partial charge in [-0.2, -0.15) is 0 Å². The van der Waals surface area contributed by atoms with Gasteiger partial charge in [0.2, 0.25) is 10.0 Å². The van der Waals surface area contributed by atoms with E-state index in [9.17, 15) is 12.8 Å². The summed E-state index contributed by atoms with van der Waals surface area (Å²) in [6.45, 7) is 1.88. The van der Waals surface area contributed by atoms with Gasteiger partial charge in [-0.3, -0.25) is 4.72 Å². The van der Waals surface area contributed by atoms with Gasteiger partial charge in [0.25, 0.3) is 0 Å². The Bertz CT molecular complexity index is 487. The number of aliphatic hydroxyl groups is 1. The van der Waals surface area contributed by atoms with Crippen LogP contribution in [0.1, 0.15) is 12.5 Å². The molecule has 4 nitrogen and oxygen atoms in total. The van der Waals surface area contributed by atoms with Crippen molar-refractivity contribution < 1.29 is 17.9 Å². The SMILES string of the molecule is CC(CO)Cc1ccc(NS(C)(=O)=O)c(F)c1. The largest absolute Gasteiger partial charge is 0.396 e. The van der Waals surface area contributed by atoms with E-state index in [0.29, 0.717) is 6.42 Å². The zero-order valence-corrected chi connectivity index (χ0v) is 10.6. The van der Waals surface area contributed by atoms with Crippen LogP contribution in [-0.4, -0.2) is 26.4 Å². The molecule has 0 fully saturated rings. The van der Waals surface area contributed by atoms with Gasteiger partial charge in [-0.25, -0.2) is 12.8 Å². The van der Waals surface area contributed by atoms with E-state index in [-0.39, 0.29) is 18.2 Å². The molecule has 0 amide bonds. The van der Waals surface area contributed by atoms with E-state index in [4.69, 9.17) is 5.11 Å². The number of sulfonamides is 1. The molecule has 6 heteroatoms. The maximum absolute atomic E-state index is 13.5. The fraction of sp³-hybridized carbons (Fsp3) is 0.455. The predicted octanol–water partition coefficient (Wildman–Crippen LogP) is 1.37. The summed E-state index contributed by atoms with van der Waals surface area (Å²) in [4.78, 5) is 0. The van der Waals surface area contributed by atoms with Crippen LogP contribution >= 0.6 is 0 Å². The summed E-state index contributed by atoms with van der Waals surface area (Å²) in [6, 6.07) is 4.30. The number of halogens is 1. The van der Waals surface area contributed by atoms with Crippen molar-refractivity contribution in [2.24, 2.45) is 5.92 Å². The van der Waals surface area contributed by atoms with Crippen molar-refractivity contribution in [2.45, 2.75) is 13.3 Å². The maximum atomic E-state index is 13.5. The predicted molar refractivity (Wildman–Crippen MR) is 64.8 cm³/mol. The van der Waals surface area contributed by atoms with Crippen molar-refractivity contribution in [3.05, 3.63) is 29.6 Å². The second-order valence-electron chi connectivity index (χ2n) is 4.18. The Morgan fingerprint density at radius 1 is 1.47 bits per heavy atom. The molecule has 1 unspecified atom stereocenters. The van der Waals surface area contributed by atoms with Crippen LogP contribution in [0.2, 0.25) is 0 Å². The van der Waals surface area contributed by atoms with Gasteiger partial charge >= 0.3 is 0 Å². The van der Waals surface area contributed by atoms with E-state index in [1.165, 1.54) is 12.1 Å². The molecular weight excluding hydrogens is 245 g/mol.